The molecule has 2 rings (SSSR count). The predicted molar refractivity (Wildman–Crippen MR) is 78.5 cm³/mol. The zero-order chi connectivity index (χ0) is 13.8. The summed E-state index contributed by atoms with van der Waals surface area (Å²) in [5.41, 5.74) is 1.68. The van der Waals surface area contributed by atoms with Gasteiger partial charge in [0.05, 0.1) is 5.52 Å². The first-order valence-electron chi connectivity index (χ1n) is 6.20. The molecule has 0 aliphatic carbocycles. The molecular formula is C14H16ClN3O. The SMILES string of the molecule is CCNC(=O)C(C)Nc1ccnc2cc(Cl)ccc12. The van der Waals surface area contributed by atoms with Crippen LogP contribution in [0.15, 0.2) is 30.5 Å². The van der Waals surface area contributed by atoms with Gasteiger partial charge in [0, 0.05) is 28.8 Å². The fourth-order valence-electron chi connectivity index (χ4n) is 1.87. The molecule has 0 aliphatic rings. The van der Waals surface area contributed by atoms with E-state index in [4.69, 9.17) is 11.6 Å². The Bertz CT molecular complexity index is 600. The van der Waals surface area contributed by atoms with Gasteiger partial charge >= 0.3 is 0 Å². The monoisotopic (exact) mass is 277 g/mol. The molecule has 5 heteroatoms. The summed E-state index contributed by atoms with van der Waals surface area (Å²) < 4.78 is 0. The van der Waals surface area contributed by atoms with E-state index in [9.17, 15) is 4.79 Å². The Balaban J connectivity index is 2.28. The number of amides is 1. The number of hydrogen-bond donors (Lipinski definition) is 2. The number of hydrogen-bond acceptors (Lipinski definition) is 3. The van der Waals surface area contributed by atoms with Crippen LogP contribution in [0.5, 0.6) is 0 Å². The Kier molecular flexibility index (Phi) is 4.22. The molecule has 1 aromatic heterocycles. The summed E-state index contributed by atoms with van der Waals surface area (Å²) in [6.45, 7) is 4.35. The van der Waals surface area contributed by atoms with Crippen LogP contribution in [0.4, 0.5) is 5.69 Å². The lowest BCUT2D eigenvalue weighted by Crippen LogP contribution is -2.37. The van der Waals surface area contributed by atoms with Crippen LogP contribution in [-0.4, -0.2) is 23.5 Å². The van der Waals surface area contributed by atoms with Crippen molar-refractivity contribution in [2.75, 3.05) is 11.9 Å². The molecule has 1 heterocycles. The van der Waals surface area contributed by atoms with Crippen molar-refractivity contribution < 1.29 is 4.79 Å². The molecule has 0 bridgehead atoms. The fraction of sp³-hybridized carbons (Fsp3) is 0.286. The van der Waals surface area contributed by atoms with Gasteiger partial charge in [-0.3, -0.25) is 9.78 Å². The fourth-order valence-corrected chi connectivity index (χ4v) is 2.04. The molecule has 0 radical (unpaired) electrons. The number of fused-ring (bicyclic) bond motifs is 1. The first-order chi connectivity index (χ1) is 9.11. The number of pyridine rings is 1. The largest absolute Gasteiger partial charge is 0.373 e. The minimum atomic E-state index is -0.304. The van der Waals surface area contributed by atoms with Gasteiger partial charge in [-0.25, -0.2) is 0 Å². The van der Waals surface area contributed by atoms with Crippen LogP contribution in [0.25, 0.3) is 10.9 Å². The van der Waals surface area contributed by atoms with E-state index < -0.39 is 0 Å². The van der Waals surface area contributed by atoms with E-state index in [1.165, 1.54) is 0 Å². The van der Waals surface area contributed by atoms with Crippen LogP contribution in [0.2, 0.25) is 5.02 Å². The van der Waals surface area contributed by atoms with Gasteiger partial charge in [0.2, 0.25) is 5.91 Å². The second-order valence-electron chi connectivity index (χ2n) is 4.28. The molecule has 1 atom stereocenters. The average molecular weight is 278 g/mol. The van der Waals surface area contributed by atoms with E-state index in [-0.39, 0.29) is 11.9 Å². The molecule has 1 unspecified atom stereocenters. The Morgan fingerprint density at radius 1 is 1.42 bits per heavy atom. The van der Waals surface area contributed by atoms with E-state index in [0.29, 0.717) is 11.6 Å². The molecule has 4 nitrogen and oxygen atoms in total. The first-order valence-corrected chi connectivity index (χ1v) is 6.58. The highest BCUT2D eigenvalue weighted by Gasteiger charge is 2.12. The van der Waals surface area contributed by atoms with Gasteiger partial charge in [-0.1, -0.05) is 11.6 Å². The summed E-state index contributed by atoms with van der Waals surface area (Å²) in [7, 11) is 0. The molecule has 2 aromatic rings. The van der Waals surface area contributed by atoms with Crippen LogP contribution in [-0.2, 0) is 4.79 Å². The summed E-state index contributed by atoms with van der Waals surface area (Å²) in [5.74, 6) is -0.0265. The quantitative estimate of drug-likeness (QED) is 0.904. The van der Waals surface area contributed by atoms with Crippen molar-refractivity contribution in [1.29, 1.82) is 0 Å². The molecule has 2 N–H and O–H groups in total. The maximum Gasteiger partial charge on any atom is 0.242 e. The summed E-state index contributed by atoms with van der Waals surface area (Å²) >= 11 is 5.94. The molecule has 0 spiro atoms. The van der Waals surface area contributed by atoms with Crippen LogP contribution < -0.4 is 10.6 Å². The number of nitrogens with one attached hydrogen (secondary N) is 2. The van der Waals surface area contributed by atoms with E-state index in [0.717, 1.165) is 16.6 Å². The third kappa shape index (κ3) is 3.15. The van der Waals surface area contributed by atoms with E-state index >= 15 is 0 Å². The normalized spacial score (nSPS) is 12.2. The third-order valence-electron chi connectivity index (χ3n) is 2.82. The zero-order valence-corrected chi connectivity index (χ0v) is 11.7. The van der Waals surface area contributed by atoms with Crippen molar-refractivity contribution in [2.24, 2.45) is 0 Å². The number of halogens is 1. The molecule has 0 aliphatic heterocycles. The lowest BCUT2D eigenvalue weighted by atomic mass is 10.1. The van der Waals surface area contributed by atoms with E-state index in [2.05, 4.69) is 15.6 Å². The van der Waals surface area contributed by atoms with Crippen molar-refractivity contribution >= 4 is 34.1 Å². The highest BCUT2D eigenvalue weighted by Crippen LogP contribution is 2.24. The molecule has 19 heavy (non-hydrogen) atoms. The molecule has 1 aromatic carbocycles. The Labute approximate surface area is 117 Å². The number of aromatic nitrogens is 1. The van der Waals surface area contributed by atoms with Crippen molar-refractivity contribution in [3.8, 4) is 0 Å². The Morgan fingerprint density at radius 2 is 2.21 bits per heavy atom. The first kappa shape index (κ1) is 13.6. The van der Waals surface area contributed by atoms with Crippen LogP contribution in [0, 0.1) is 0 Å². The third-order valence-corrected chi connectivity index (χ3v) is 3.06. The number of nitrogens with zero attached hydrogens (tertiary/aromatic N) is 1. The maximum absolute atomic E-state index is 11.7. The van der Waals surface area contributed by atoms with Crippen molar-refractivity contribution in [3.05, 3.63) is 35.5 Å². The minimum Gasteiger partial charge on any atom is -0.373 e. The van der Waals surface area contributed by atoms with E-state index in [1.54, 1.807) is 12.3 Å². The molecule has 0 saturated heterocycles. The lowest BCUT2D eigenvalue weighted by molar-refractivity contribution is -0.121. The number of carbonyl (C=O) groups excluding carboxylic acids is 1. The summed E-state index contributed by atoms with van der Waals surface area (Å²) in [4.78, 5) is 16.0. The molecule has 1 amide bonds. The van der Waals surface area contributed by atoms with Gasteiger partial charge in [0.25, 0.3) is 0 Å². The van der Waals surface area contributed by atoms with Crippen molar-refractivity contribution in [3.63, 3.8) is 0 Å². The van der Waals surface area contributed by atoms with E-state index in [1.807, 2.05) is 32.0 Å². The summed E-state index contributed by atoms with van der Waals surface area (Å²) in [6.07, 6.45) is 1.70. The highest BCUT2D eigenvalue weighted by atomic mass is 35.5. The predicted octanol–water partition coefficient (Wildman–Crippen LogP) is 2.82. The van der Waals surface area contributed by atoms with Gasteiger partial charge in [-0.05, 0) is 38.1 Å². The Hall–Kier alpha value is -1.81. The van der Waals surface area contributed by atoms with Crippen molar-refractivity contribution in [2.45, 2.75) is 19.9 Å². The van der Waals surface area contributed by atoms with Gasteiger partial charge in [-0.15, -0.1) is 0 Å². The smallest absolute Gasteiger partial charge is 0.242 e. The number of carbonyl (C=O) groups is 1. The van der Waals surface area contributed by atoms with Gasteiger partial charge < -0.3 is 10.6 Å². The van der Waals surface area contributed by atoms with Gasteiger partial charge in [-0.2, -0.15) is 0 Å². The minimum absolute atomic E-state index is 0.0265. The topological polar surface area (TPSA) is 54.0 Å². The molecule has 0 saturated carbocycles. The van der Waals surface area contributed by atoms with Crippen LogP contribution in [0.3, 0.4) is 0 Å². The van der Waals surface area contributed by atoms with Crippen LogP contribution in [0.1, 0.15) is 13.8 Å². The number of anilines is 1. The molecule has 0 fully saturated rings. The highest BCUT2D eigenvalue weighted by molar-refractivity contribution is 6.31. The number of benzene rings is 1. The maximum atomic E-state index is 11.7. The van der Waals surface area contributed by atoms with Gasteiger partial charge in [0.15, 0.2) is 0 Å². The number of rotatable bonds is 4. The standard InChI is InChI=1S/C14H16ClN3O/c1-3-16-14(19)9(2)18-12-6-7-17-13-8-10(15)4-5-11(12)13/h4-9H,3H2,1-2H3,(H,16,19)(H,17,18). The second kappa shape index (κ2) is 5.89. The average Bonchev–Trinajstić information content (AvgIpc) is 2.38. The molecule has 100 valence electrons. The lowest BCUT2D eigenvalue weighted by Gasteiger charge is -2.16. The van der Waals surface area contributed by atoms with Crippen LogP contribution >= 0.6 is 11.6 Å². The van der Waals surface area contributed by atoms with Gasteiger partial charge in [0.1, 0.15) is 6.04 Å². The summed E-state index contributed by atoms with van der Waals surface area (Å²) in [5, 5.41) is 7.57. The Morgan fingerprint density at radius 3 is 2.95 bits per heavy atom. The summed E-state index contributed by atoms with van der Waals surface area (Å²) in [6, 6.07) is 7.07. The zero-order valence-electron chi connectivity index (χ0n) is 10.9. The van der Waals surface area contributed by atoms with Crippen molar-refractivity contribution in [1.82, 2.24) is 10.3 Å². The second-order valence-corrected chi connectivity index (χ2v) is 4.72. The molecular weight excluding hydrogens is 262 g/mol. The number of likely N-dealkylation sites (N-methyl/N-ethyl adjacent to an activating group) is 1.